The molecule has 0 aromatic carbocycles. The highest BCUT2D eigenvalue weighted by molar-refractivity contribution is 5.88. The van der Waals surface area contributed by atoms with Gasteiger partial charge >= 0.3 is 12.1 Å². The van der Waals surface area contributed by atoms with Gasteiger partial charge in [0.25, 0.3) is 0 Å². The van der Waals surface area contributed by atoms with Gasteiger partial charge in [-0.05, 0) is 0 Å². The maximum absolute atomic E-state index is 11.3. The molecule has 12 heavy (non-hydrogen) atoms. The fraction of sp³-hybridized carbons (Fsp3) is 0.600. The Kier molecular flexibility index (Phi) is 3.52. The summed E-state index contributed by atoms with van der Waals surface area (Å²) in [4.78, 5) is 19.8. The van der Waals surface area contributed by atoms with Crippen LogP contribution in [0.3, 0.4) is 0 Å². The number of esters is 1. The lowest BCUT2D eigenvalue weighted by molar-refractivity contribution is -0.305. The Balaban J connectivity index is 3.65. The molecule has 0 amide bonds. The molecule has 70 valence electrons. The van der Waals surface area contributed by atoms with Gasteiger partial charge in [-0.1, -0.05) is 0 Å². The van der Waals surface area contributed by atoms with Crippen LogP contribution in [0.15, 0.2) is 0 Å². The van der Waals surface area contributed by atoms with E-state index >= 15 is 0 Å². The first-order chi connectivity index (χ1) is 5.31. The molecule has 0 aliphatic carbocycles. The quantitative estimate of drug-likeness (QED) is 0.427. The predicted molar refractivity (Wildman–Crippen MR) is 26.6 cm³/mol. The highest BCUT2D eigenvalue weighted by Crippen LogP contribution is 2.14. The monoisotopic (exact) mass is 185 g/mol. The van der Waals surface area contributed by atoms with Crippen LogP contribution in [0.1, 0.15) is 6.42 Å². The fourth-order valence-corrected chi connectivity index (χ4v) is 0.331. The van der Waals surface area contributed by atoms with Gasteiger partial charge in [0.1, 0.15) is 0 Å². The zero-order valence-corrected chi connectivity index (χ0v) is 5.68. The zero-order valence-electron chi connectivity index (χ0n) is 5.68. The van der Waals surface area contributed by atoms with Gasteiger partial charge in [-0.25, -0.2) is 0 Å². The molecular weight excluding hydrogens is 181 g/mol. The Hall–Kier alpha value is -1.27. The summed E-state index contributed by atoms with van der Waals surface area (Å²) in [6.45, 7) is -1.78. The molecule has 0 saturated heterocycles. The van der Waals surface area contributed by atoms with E-state index in [4.69, 9.17) is 0 Å². The van der Waals surface area contributed by atoms with Gasteiger partial charge in [0.05, 0.1) is 12.4 Å². The minimum atomic E-state index is -4.64. The summed E-state index contributed by atoms with van der Waals surface area (Å²) in [5.41, 5.74) is 0. The lowest BCUT2D eigenvalue weighted by Gasteiger charge is -2.07. The number of ether oxygens (including phenoxy) is 1. The van der Waals surface area contributed by atoms with Gasteiger partial charge in [0, 0.05) is 0 Å². The molecule has 0 heterocycles. The van der Waals surface area contributed by atoms with Crippen molar-refractivity contribution in [3.05, 3.63) is 0 Å². The Morgan fingerprint density at radius 2 is 1.83 bits per heavy atom. The third-order valence-corrected chi connectivity index (χ3v) is 0.685. The number of rotatable bonds is 3. The second kappa shape index (κ2) is 3.93. The van der Waals surface area contributed by atoms with Crippen molar-refractivity contribution in [2.45, 2.75) is 12.6 Å². The van der Waals surface area contributed by atoms with Gasteiger partial charge in [0.2, 0.25) is 0 Å². The van der Waals surface area contributed by atoms with E-state index in [1.54, 1.807) is 0 Å². The number of carboxylic acids is 1. The lowest BCUT2D eigenvalue weighted by atomic mass is 10.4. The molecule has 0 aromatic rings. The van der Waals surface area contributed by atoms with Crippen LogP contribution >= 0.6 is 0 Å². The number of carbonyl (C=O) groups excluding carboxylic acids is 2. The molecule has 4 nitrogen and oxygen atoms in total. The van der Waals surface area contributed by atoms with Crippen LogP contribution in [0, 0.1) is 0 Å². The molecule has 0 radical (unpaired) electrons. The van der Waals surface area contributed by atoms with E-state index in [0.29, 0.717) is 0 Å². The molecule has 0 aliphatic rings. The standard InChI is InChI=1S/C5H5F3O4/c6-5(7,8)2-12-4(11)1-3(9)10/h1-2H2,(H,9,10)/p-1. The molecule has 0 N–H and O–H groups in total. The first-order valence-corrected chi connectivity index (χ1v) is 2.73. The summed E-state index contributed by atoms with van der Waals surface area (Å²) in [6.07, 6.45) is -5.81. The fourth-order valence-electron chi connectivity index (χ4n) is 0.331. The Morgan fingerprint density at radius 3 is 2.17 bits per heavy atom. The molecule has 0 bridgehead atoms. The first kappa shape index (κ1) is 10.7. The molecule has 0 aliphatic heterocycles. The normalized spacial score (nSPS) is 10.9. The second-order valence-corrected chi connectivity index (χ2v) is 1.82. The van der Waals surface area contributed by atoms with Crippen molar-refractivity contribution in [3.63, 3.8) is 0 Å². The van der Waals surface area contributed by atoms with Crippen LogP contribution in [-0.2, 0) is 14.3 Å². The summed E-state index contributed by atoms with van der Waals surface area (Å²) < 4.78 is 37.5. The predicted octanol–water partition coefficient (Wildman–Crippen LogP) is -0.768. The summed E-state index contributed by atoms with van der Waals surface area (Å²) >= 11 is 0. The summed E-state index contributed by atoms with van der Waals surface area (Å²) in [6, 6.07) is 0. The van der Waals surface area contributed by atoms with Crippen LogP contribution in [0.5, 0.6) is 0 Å². The molecule has 0 unspecified atom stereocenters. The van der Waals surface area contributed by atoms with Gasteiger partial charge in [-0.3, -0.25) is 4.79 Å². The second-order valence-electron chi connectivity index (χ2n) is 1.82. The van der Waals surface area contributed by atoms with E-state index in [2.05, 4.69) is 4.74 Å². The Bertz CT molecular complexity index is 186. The van der Waals surface area contributed by atoms with E-state index in [1.807, 2.05) is 0 Å². The third kappa shape index (κ3) is 6.84. The van der Waals surface area contributed by atoms with Crippen molar-refractivity contribution in [2.24, 2.45) is 0 Å². The number of hydrogen-bond donors (Lipinski definition) is 0. The van der Waals surface area contributed by atoms with Crippen LogP contribution in [0.2, 0.25) is 0 Å². The minimum Gasteiger partial charge on any atom is -0.550 e. The largest absolute Gasteiger partial charge is 0.550 e. The molecule has 0 rings (SSSR count). The van der Waals surface area contributed by atoms with E-state index in [9.17, 15) is 27.9 Å². The number of hydrogen-bond acceptors (Lipinski definition) is 4. The maximum Gasteiger partial charge on any atom is 0.422 e. The van der Waals surface area contributed by atoms with Crippen LogP contribution < -0.4 is 5.11 Å². The summed E-state index contributed by atoms with van der Waals surface area (Å²) in [7, 11) is 0. The number of alkyl halides is 3. The third-order valence-electron chi connectivity index (χ3n) is 0.685. The SMILES string of the molecule is O=C([O-])CC(=O)OCC(F)(F)F. The van der Waals surface area contributed by atoms with Crippen molar-refractivity contribution in [3.8, 4) is 0 Å². The Morgan fingerprint density at radius 1 is 1.33 bits per heavy atom. The number of carbonyl (C=O) groups is 2. The number of halogens is 3. The molecule has 0 saturated carbocycles. The van der Waals surface area contributed by atoms with Crippen molar-refractivity contribution in [2.75, 3.05) is 6.61 Å². The summed E-state index contributed by atoms with van der Waals surface area (Å²) in [5.74, 6) is -3.24. The molecule has 0 fully saturated rings. The average molecular weight is 185 g/mol. The van der Waals surface area contributed by atoms with Crippen molar-refractivity contribution >= 4 is 11.9 Å². The van der Waals surface area contributed by atoms with Gasteiger partial charge in [0.15, 0.2) is 6.61 Å². The smallest absolute Gasteiger partial charge is 0.422 e. The molecule has 0 spiro atoms. The molecular formula is C5H4F3O4-. The highest BCUT2D eigenvalue weighted by Gasteiger charge is 2.29. The van der Waals surface area contributed by atoms with E-state index in [-0.39, 0.29) is 0 Å². The Labute approximate surface area is 64.9 Å². The van der Waals surface area contributed by atoms with Crippen LogP contribution in [-0.4, -0.2) is 24.7 Å². The molecule has 0 aromatic heterocycles. The zero-order chi connectivity index (χ0) is 9.78. The van der Waals surface area contributed by atoms with Crippen LogP contribution in [0.4, 0.5) is 13.2 Å². The highest BCUT2D eigenvalue weighted by atomic mass is 19.4. The van der Waals surface area contributed by atoms with Crippen molar-refractivity contribution < 1.29 is 32.6 Å². The van der Waals surface area contributed by atoms with Gasteiger partial charge < -0.3 is 14.6 Å². The number of carboxylic acid groups (broad SMARTS) is 1. The van der Waals surface area contributed by atoms with E-state index in [0.717, 1.165) is 0 Å². The van der Waals surface area contributed by atoms with Crippen LogP contribution in [0.25, 0.3) is 0 Å². The van der Waals surface area contributed by atoms with Crippen molar-refractivity contribution in [1.29, 1.82) is 0 Å². The minimum absolute atomic E-state index is 1.17. The lowest BCUT2D eigenvalue weighted by Crippen LogP contribution is -2.28. The average Bonchev–Trinajstić information content (AvgIpc) is 1.80. The molecule has 7 heteroatoms. The molecule has 0 atom stereocenters. The van der Waals surface area contributed by atoms with Gasteiger partial charge in [-0.2, -0.15) is 13.2 Å². The number of aliphatic carboxylic acids is 1. The maximum atomic E-state index is 11.3. The van der Waals surface area contributed by atoms with E-state index < -0.39 is 31.1 Å². The summed E-state index contributed by atoms with van der Waals surface area (Å²) in [5, 5.41) is 9.64. The first-order valence-electron chi connectivity index (χ1n) is 2.73. The topological polar surface area (TPSA) is 66.4 Å². The van der Waals surface area contributed by atoms with E-state index in [1.165, 1.54) is 0 Å². The van der Waals surface area contributed by atoms with Crippen molar-refractivity contribution in [1.82, 2.24) is 0 Å². The van der Waals surface area contributed by atoms with Gasteiger partial charge in [-0.15, -0.1) is 0 Å².